The first-order valence-corrected chi connectivity index (χ1v) is 10.8. The van der Waals surface area contributed by atoms with Gasteiger partial charge in [-0.1, -0.05) is 6.92 Å². The van der Waals surface area contributed by atoms with Crippen LogP contribution < -0.4 is 10.2 Å². The average molecular weight is 397 g/mol. The summed E-state index contributed by atoms with van der Waals surface area (Å²) in [5.41, 5.74) is 0. The van der Waals surface area contributed by atoms with Gasteiger partial charge in [-0.15, -0.1) is 0 Å². The Morgan fingerprint density at radius 2 is 2.07 bits per heavy atom. The molecule has 0 unspecified atom stereocenters. The van der Waals surface area contributed by atoms with Crippen molar-refractivity contribution in [3.05, 3.63) is 5.82 Å². The summed E-state index contributed by atoms with van der Waals surface area (Å²) in [7, 11) is 1.85. The van der Waals surface area contributed by atoms with E-state index in [0.717, 1.165) is 95.1 Å². The first kappa shape index (κ1) is 20.3. The van der Waals surface area contributed by atoms with Crippen molar-refractivity contribution in [2.24, 2.45) is 4.99 Å². The van der Waals surface area contributed by atoms with E-state index in [-0.39, 0.29) is 0 Å². The second kappa shape index (κ2) is 10.8. The van der Waals surface area contributed by atoms with Crippen LogP contribution in [0.5, 0.6) is 0 Å². The molecule has 0 atom stereocenters. The van der Waals surface area contributed by atoms with Crippen molar-refractivity contribution < 1.29 is 9.47 Å². The third kappa shape index (κ3) is 6.02. The van der Waals surface area contributed by atoms with Crippen LogP contribution in [0.2, 0.25) is 0 Å². The molecule has 1 aromatic heterocycles. The van der Waals surface area contributed by atoms with Gasteiger partial charge < -0.3 is 24.6 Å². The van der Waals surface area contributed by atoms with E-state index in [0.29, 0.717) is 6.10 Å². The first-order valence-electron chi connectivity index (χ1n) is 10.0. The van der Waals surface area contributed by atoms with Gasteiger partial charge in [-0.05, 0) is 19.3 Å². The molecule has 2 aliphatic heterocycles. The highest BCUT2D eigenvalue weighted by molar-refractivity contribution is 7.09. The third-order valence-electron chi connectivity index (χ3n) is 4.96. The number of hydrogen-bond acceptors (Lipinski definition) is 7. The fourth-order valence-corrected chi connectivity index (χ4v) is 4.12. The SMILES string of the molecule is CCc1nsc(N2CCN(C(=NC)NCCCOC3CCOCC3)CC2)n1. The summed E-state index contributed by atoms with van der Waals surface area (Å²) in [6, 6.07) is 0. The van der Waals surface area contributed by atoms with Crippen LogP contribution in [-0.4, -0.2) is 85.9 Å². The molecule has 3 rings (SSSR count). The molecule has 0 saturated carbocycles. The average Bonchev–Trinajstić information content (AvgIpc) is 3.21. The number of nitrogens with one attached hydrogen (secondary N) is 1. The lowest BCUT2D eigenvalue weighted by atomic mass is 10.1. The molecule has 2 saturated heterocycles. The Morgan fingerprint density at radius 1 is 1.30 bits per heavy atom. The van der Waals surface area contributed by atoms with E-state index in [1.165, 1.54) is 11.5 Å². The maximum absolute atomic E-state index is 5.93. The third-order valence-corrected chi connectivity index (χ3v) is 5.78. The molecule has 2 fully saturated rings. The van der Waals surface area contributed by atoms with Gasteiger partial charge in [0.15, 0.2) is 5.96 Å². The molecule has 152 valence electrons. The van der Waals surface area contributed by atoms with Crippen molar-refractivity contribution in [2.75, 3.05) is 64.5 Å². The van der Waals surface area contributed by atoms with E-state index in [1.807, 2.05) is 7.05 Å². The molecule has 8 nitrogen and oxygen atoms in total. The second-order valence-corrected chi connectivity index (χ2v) is 7.56. The van der Waals surface area contributed by atoms with Crippen LogP contribution >= 0.6 is 11.5 Å². The summed E-state index contributed by atoms with van der Waals surface area (Å²) < 4.78 is 15.7. The number of anilines is 1. The topological polar surface area (TPSA) is 75.1 Å². The highest BCUT2D eigenvalue weighted by atomic mass is 32.1. The van der Waals surface area contributed by atoms with Crippen molar-refractivity contribution >= 4 is 22.6 Å². The highest BCUT2D eigenvalue weighted by Crippen LogP contribution is 2.19. The van der Waals surface area contributed by atoms with Gasteiger partial charge in [0, 0.05) is 77.5 Å². The van der Waals surface area contributed by atoms with Crippen LogP contribution in [-0.2, 0) is 15.9 Å². The summed E-state index contributed by atoms with van der Waals surface area (Å²) in [4.78, 5) is 13.7. The van der Waals surface area contributed by atoms with E-state index in [1.54, 1.807) is 0 Å². The lowest BCUT2D eigenvalue weighted by molar-refractivity contribution is -0.0320. The zero-order valence-electron chi connectivity index (χ0n) is 16.5. The maximum Gasteiger partial charge on any atom is 0.205 e. The van der Waals surface area contributed by atoms with Gasteiger partial charge in [0.25, 0.3) is 0 Å². The Hall–Kier alpha value is -1.45. The monoisotopic (exact) mass is 396 g/mol. The van der Waals surface area contributed by atoms with E-state index in [9.17, 15) is 0 Å². The number of nitrogens with zero attached hydrogens (tertiary/aromatic N) is 5. The zero-order chi connectivity index (χ0) is 18.9. The predicted octanol–water partition coefficient (Wildman–Crippen LogP) is 1.38. The number of piperazine rings is 1. The van der Waals surface area contributed by atoms with Crippen molar-refractivity contribution in [1.82, 2.24) is 19.6 Å². The number of guanidine groups is 1. The van der Waals surface area contributed by atoms with Gasteiger partial charge in [-0.2, -0.15) is 4.37 Å². The molecule has 9 heteroatoms. The van der Waals surface area contributed by atoms with Crippen LogP contribution in [0.4, 0.5) is 5.13 Å². The van der Waals surface area contributed by atoms with E-state index in [2.05, 4.69) is 36.4 Å². The summed E-state index contributed by atoms with van der Waals surface area (Å²) in [5.74, 6) is 1.92. The van der Waals surface area contributed by atoms with Crippen molar-refractivity contribution in [3.63, 3.8) is 0 Å². The Balaban J connectivity index is 1.33. The highest BCUT2D eigenvalue weighted by Gasteiger charge is 2.22. The van der Waals surface area contributed by atoms with E-state index in [4.69, 9.17) is 9.47 Å². The minimum Gasteiger partial charge on any atom is -0.381 e. The molecule has 2 aliphatic rings. The molecule has 0 spiro atoms. The normalized spacial score (nSPS) is 19.6. The quantitative estimate of drug-likeness (QED) is 0.424. The molecule has 27 heavy (non-hydrogen) atoms. The maximum atomic E-state index is 5.93. The molecule has 0 bridgehead atoms. The number of aryl methyl sites for hydroxylation is 1. The summed E-state index contributed by atoms with van der Waals surface area (Å²) >= 11 is 1.51. The molecule has 0 amide bonds. The largest absolute Gasteiger partial charge is 0.381 e. The molecule has 0 radical (unpaired) electrons. The van der Waals surface area contributed by atoms with Gasteiger partial charge in [-0.3, -0.25) is 4.99 Å². The van der Waals surface area contributed by atoms with Crippen LogP contribution in [0.25, 0.3) is 0 Å². The molecule has 3 heterocycles. The van der Waals surface area contributed by atoms with Crippen LogP contribution in [0.1, 0.15) is 32.0 Å². The number of aliphatic imine (C=N–C) groups is 1. The van der Waals surface area contributed by atoms with Gasteiger partial charge in [0.1, 0.15) is 5.82 Å². The number of hydrogen-bond donors (Lipinski definition) is 1. The van der Waals surface area contributed by atoms with Crippen LogP contribution in [0.3, 0.4) is 0 Å². The Labute approximate surface area is 166 Å². The van der Waals surface area contributed by atoms with Crippen LogP contribution in [0.15, 0.2) is 4.99 Å². The standard InChI is InChI=1S/C18H32N6O2S/c1-3-16-21-18(27-22-16)24-10-8-23(9-11-24)17(19-2)20-7-4-12-26-15-5-13-25-14-6-15/h15H,3-14H2,1-2H3,(H,19,20). The Morgan fingerprint density at radius 3 is 2.74 bits per heavy atom. The minimum absolute atomic E-state index is 0.375. The summed E-state index contributed by atoms with van der Waals surface area (Å²) in [6.07, 6.45) is 4.30. The number of aromatic nitrogens is 2. The fraction of sp³-hybridized carbons (Fsp3) is 0.833. The molecule has 1 aromatic rings. The van der Waals surface area contributed by atoms with E-state index < -0.39 is 0 Å². The smallest absolute Gasteiger partial charge is 0.205 e. The molecular weight excluding hydrogens is 364 g/mol. The zero-order valence-corrected chi connectivity index (χ0v) is 17.3. The Bertz CT molecular complexity index is 582. The van der Waals surface area contributed by atoms with Gasteiger partial charge in [-0.25, -0.2) is 4.98 Å². The molecule has 1 N–H and O–H groups in total. The van der Waals surface area contributed by atoms with Gasteiger partial charge in [0.05, 0.1) is 6.10 Å². The molecule has 0 aromatic carbocycles. The van der Waals surface area contributed by atoms with Gasteiger partial charge in [0.2, 0.25) is 5.13 Å². The summed E-state index contributed by atoms with van der Waals surface area (Å²) in [5, 5.41) is 4.51. The first-order chi connectivity index (χ1) is 13.3. The lowest BCUT2D eigenvalue weighted by Gasteiger charge is -2.36. The number of rotatable bonds is 7. The predicted molar refractivity (Wildman–Crippen MR) is 109 cm³/mol. The number of ether oxygens (including phenoxy) is 2. The molecular formula is C18H32N6O2S. The van der Waals surface area contributed by atoms with Crippen molar-refractivity contribution in [2.45, 2.75) is 38.7 Å². The fourth-order valence-electron chi connectivity index (χ4n) is 3.32. The van der Waals surface area contributed by atoms with E-state index >= 15 is 0 Å². The van der Waals surface area contributed by atoms with Crippen molar-refractivity contribution in [3.8, 4) is 0 Å². The second-order valence-electron chi connectivity index (χ2n) is 6.83. The lowest BCUT2D eigenvalue weighted by Crippen LogP contribution is -2.52. The molecule has 0 aliphatic carbocycles. The Kier molecular flexibility index (Phi) is 8.10. The summed E-state index contributed by atoms with van der Waals surface area (Å²) in [6.45, 7) is 9.22. The minimum atomic E-state index is 0.375. The van der Waals surface area contributed by atoms with Crippen molar-refractivity contribution in [1.29, 1.82) is 0 Å². The van der Waals surface area contributed by atoms with Gasteiger partial charge >= 0.3 is 0 Å². The van der Waals surface area contributed by atoms with Crippen LogP contribution in [0, 0.1) is 0 Å².